The number of likely N-dealkylation sites (tertiary alicyclic amines) is 1. The first-order valence-corrected chi connectivity index (χ1v) is 8.85. The van der Waals surface area contributed by atoms with E-state index in [4.69, 9.17) is 11.0 Å². The number of carbonyl (C=O) groups excluding carboxylic acids is 1. The fraction of sp³-hybridized carbons (Fsp3) is 0.526. The first kappa shape index (κ1) is 20.8. The number of carbonyl (C=O) groups is 1. The molecule has 0 bridgehead atoms. The van der Waals surface area contributed by atoms with E-state index in [0.29, 0.717) is 23.6 Å². The summed E-state index contributed by atoms with van der Waals surface area (Å²) in [5.41, 5.74) is 8.07. The molecule has 0 saturated carbocycles. The minimum Gasteiger partial charge on any atom is -0.372 e. The lowest BCUT2D eigenvalue weighted by Gasteiger charge is -2.32. The molecule has 0 amide bonds. The third-order valence-corrected chi connectivity index (χ3v) is 4.17. The summed E-state index contributed by atoms with van der Waals surface area (Å²) in [5.74, 6) is 0. The topological polar surface area (TPSA) is 85.7 Å². The van der Waals surface area contributed by atoms with Crippen molar-refractivity contribution in [1.29, 1.82) is 5.26 Å². The lowest BCUT2D eigenvalue weighted by Crippen LogP contribution is -2.42. The fourth-order valence-corrected chi connectivity index (χ4v) is 2.71. The van der Waals surface area contributed by atoms with Gasteiger partial charge < -0.3 is 15.5 Å². The summed E-state index contributed by atoms with van der Waals surface area (Å²) >= 11 is 0. The Morgan fingerprint density at radius 3 is 2.68 bits per heavy atom. The van der Waals surface area contributed by atoms with Gasteiger partial charge in [-0.15, -0.1) is 0 Å². The predicted molar refractivity (Wildman–Crippen MR) is 104 cm³/mol. The molecule has 6 nitrogen and oxygen atoms in total. The first-order chi connectivity index (χ1) is 12.1. The van der Waals surface area contributed by atoms with E-state index in [9.17, 15) is 4.79 Å². The monoisotopic (exact) mass is 343 g/mol. The first-order valence-electron chi connectivity index (χ1n) is 8.85. The Morgan fingerprint density at radius 1 is 1.40 bits per heavy atom. The molecule has 6 heteroatoms. The molecular weight excluding hydrogens is 314 g/mol. The summed E-state index contributed by atoms with van der Waals surface area (Å²) in [6, 6.07) is 7.76. The number of likely N-dealkylation sites (N-methyl/N-ethyl adjacent to an activating group) is 1. The van der Waals surface area contributed by atoms with E-state index in [1.807, 2.05) is 27.0 Å². The van der Waals surface area contributed by atoms with Gasteiger partial charge in [0.05, 0.1) is 29.2 Å². The van der Waals surface area contributed by atoms with Crippen molar-refractivity contribution in [2.75, 3.05) is 38.1 Å². The zero-order valence-corrected chi connectivity index (χ0v) is 15.5. The quantitative estimate of drug-likeness (QED) is 0.633. The van der Waals surface area contributed by atoms with E-state index >= 15 is 0 Å². The number of piperidine rings is 1. The van der Waals surface area contributed by atoms with Crippen LogP contribution in [0.25, 0.3) is 0 Å². The van der Waals surface area contributed by atoms with Gasteiger partial charge in [0.15, 0.2) is 6.29 Å². The second kappa shape index (κ2) is 11.3. The molecule has 2 rings (SSSR count). The van der Waals surface area contributed by atoms with Crippen molar-refractivity contribution in [3.05, 3.63) is 23.8 Å². The third kappa shape index (κ3) is 6.65. The average Bonchev–Trinajstić information content (AvgIpc) is 2.67. The summed E-state index contributed by atoms with van der Waals surface area (Å²) < 4.78 is 0. The zero-order valence-electron chi connectivity index (χ0n) is 15.5. The van der Waals surface area contributed by atoms with Gasteiger partial charge in [0.25, 0.3) is 0 Å². The van der Waals surface area contributed by atoms with Crippen LogP contribution in [0, 0.1) is 11.3 Å². The largest absolute Gasteiger partial charge is 0.372 e. The molecule has 1 aliphatic rings. The summed E-state index contributed by atoms with van der Waals surface area (Å²) in [6.45, 7) is 7.83. The number of nitrogens with two attached hydrogens (primary N) is 1. The summed E-state index contributed by atoms with van der Waals surface area (Å²) in [6.07, 6.45) is 3.97. The normalized spacial score (nSPS) is 15.3. The molecule has 1 aromatic carbocycles. The highest BCUT2D eigenvalue weighted by Gasteiger charge is 2.16. The summed E-state index contributed by atoms with van der Waals surface area (Å²) in [7, 11) is 1.98. The van der Waals surface area contributed by atoms with Crippen molar-refractivity contribution < 1.29 is 4.79 Å². The Morgan fingerprint density at radius 2 is 2.08 bits per heavy atom. The van der Waals surface area contributed by atoms with Gasteiger partial charge in [0, 0.05) is 26.2 Å². The van der Waals surface area contributed by atoms with Gasteiger partial charge in [-0.25, -0.2) is 0 Å². The maximum atomic E-state index is 10.5. The molecule has 0 radical (unpaired) electrons. The van der Waals surface area contributed by atoms with E-state index in [2.05, 4.69) is 20.9 Å². The highest BCUT2D eigenvalue weighted by Crippen LogP contribution is 2.28. The Balaban J connectivity index is 0.00000151. The number of aliphatic imine (C=N–C) groups is 1. The predicted octanol–water partition coefficient (Wildman–Crippen LogP) is 2.34. The van der Waals surface area contributed by atoms with E-state index in [1.54, 1.807) is 12.1 Å². The molecule has 136 valence electrons. The Bertz CT molecular complexity index is 600. The number of hydrogen-bond acceptors (Lipinski definition) is 6. The van der Waals surface area contributed by atoms with Crippen molar-refractivity contribution in [3.63, 3.8) is 0 Å². The number of benzene rings is 1. The Labute approximate surface area is 150 Å². The molecular formula is C19H29N5O. The van der Waals surface area contributed by atoms with Crippen LogP contribution in [0.4, 0.5) is 11.4 Å². The van der Waals surface area contributed by atoms with Gasteiger partial charge in [-0.05, 0) is 44.1 Å². The number of anilines is 1. The number of nitrogens with zero attached hydrogens (tertiary/aromatic N) is 4. The van der Waals surface area contributed by atoms with Crippen LogP contribution in [0.15, 0.2) is 23.2 Å². The van der Waals surface area contributed by atoms with Gasteiger partial charge in [-0.2, -0.15) is 5.26 Å². The van der Waals surface area contributed by atoms with Crippen molar-refractivity contribution in [3.8, 4) is 6.07 Å². The molecule has 0 aliphatic carbocycles. The van der Waals surface area contributed by atoms with Crippen molar-refractivity contribution >= 4 is 23.9 Å². The van der Waals surface area contributed by atoms with Gasteiger partial charge >= 0.3 is 0 Å². The maximum absolute atomic E-state index is 10.5. The minimum absolute atomic E-state index is 0.334. The lowest BCUT2D eigenvalue weighted by molar-refractivity contribution is -0.102. The molecule has 1 saturated heterocycles. The highest BCUT2D eigenvalue weighted by atomic mass is 16.1. The fourth-order valence-electron chi connectivity index (χ4n) is 2.71. The van der Waals surface area contributed by atoms with Crippen LogP contribution in [-0.2, 0) is 4.79 Å². The highest BCUT2D eigenvalue weighted by molar-refractivity contribution is 6.14. The average molecular weight is 343 g/mol. The molecule has 0 atom stereocenters. The van der Waals surface area contributed by atoms with Crippen LogP contribution in [0.1, 0.15) is 32.3 Å². The van der Waals surface area contributed by atoms with Crippen LogP contribution >= 0.6 is 0 Å². The molecule has 0 aromatic heterocycles. The smallest absolute Gasteiger partial charge is 0.161 e. The maximum Gasteiger partial charge on any atom is 0.161 e. The van der Waals surface area contributed by atoms with Crippen molar-refractivity contribution in [2.24, 2.45) is 10.7 Å². The van der Waals surface area contributed by atoms with Crippen LogP contribution in [0.3, 0.4) is 0 Å². The van der Waals surface area contributed by atoms with Gasteiger partial charge in [0.2, 0.25) is 0 Å². The van der Waals surface area contributed by atoms with Gasteiger partial charge in [-0.3, -0.25) is 9.79 Å². The zero-order chi connectivity index (χ0) is 18.7. The molecule has 25 heavy (non-hydrogen) atoms. The Hall–Kier alpha value is -2.23. The summed E-state index contributed by atoms with van der Waals surface area (Å²) in [4.78, 5) is 19.1. The molecule has 1 aromatic rings. The van der Waals surface area contributed by atoms with Crippen LogP contribution in [0.2, 0.25) is 0 Å². The van der Waals surface area contributed by atoms with Crippen LogP contribution < -0.4 is 10.6 Å². The standard InChI is InChI=1S/C17H23N5O.C2H6/c1-21(9-10-22-7-4-15(19)5-8-22)17-12-14(13-18)2-3-16(17)20-6-11-23;1-2/h2-3,6,11-12,15H,4-5,7-10,19H2,1H3;1-2H3. The second-order valence-electron chi connectivity index (χ2n) is 5.83. The van der Waals surface area contributed by atoms with Crippen molar-refractivity contribution in [1.82, 2.24) is 4.90 Å². The minimum atomic E-state index is 0.334. The SMILES string of the molecule is CC.CN(CCN1CCC(N)CC1)c1cc(C#N)ccc1N=CC=O. The number of nitriles is 1. The van der Waals surface area contributed by atoms with Gasteiger partial charge in [-0.1, -0.05) is 13.8 Å². The molecule has 1 fully saturated rings. The molecule has 0 spiro atoms. The second-order valence-corrected chi connectivity index (χ2v) is 5.83. The number of rotatable bonds is 6. The Kier molecular flexibility index (Phi) is 9.45. The van der Waals surface area contributed by atoms with Crippen LogP contribution in [0.5, 0.6) is 0 Å². The number of aldehydes is 1. The van der Waals surface area contributed by atoms with E-state index < -0.39 is 0 Å². The molecule has 1 heterocycles. The van der Waals surface area contributed by atoms with Gasteiger partial charge in [0.1, 0.15) is 0 Å². The number of hydrogen-bond donors (Lipinski definition) is 1. The lowest BCUT2D eigenvalue weighted by atomic mass is 10.1. The van der Waals surface area contributed by atoms with E-state index in [0.717, 1.165) is 44.7 Å². The third-order valence-electron chi connectivity index (χ3n) is 4.17. The summed E-state index contributed by atoms with van der Waals surface area (Å²) in [5, 5.41) is 9.09. The molecule has 2 N–H and O–H groups in total. The molecule has 1 aliphatic heterocycles. The van der Waals surface area contributed by atoms with E-state index in [-0.39, 0.29) is 0 Å². The van der Waals surface area contributed by atoms with Crippen LogP contribution in [-0.4, -0.2) is 56.7 Å². The van der Waals surface area contributed by atoms with Crippen molar-refractivity contribution in [2.45, 2.75) is 32.7 Å². The molecule has 0 unspecified atom stereocenters. The van der Waals surface area contributed by atoms with E-state index in [1.165, 1.54) is 6.21 Å².